The third-order valence-electron chi connectivity index (χ3n) is 5.06. The van der Waals surface area contributed by atoms with Crippen LogP contribution < -0.4 is 10.1 Å². The third-order valence-corrected chi connectivity index (χ3v) is 6.26. The number of rotatable bonds is 8. The van der Waals surface area contributed by atoms with Gasteiger partial charge < -0.3 is 19.9 Å². The van der Waals surface area contributed by atoms with Crippen molar-refractivity contribution in [1.29, 1.82) is 0 Å². The summed E-state index contributed by atoms with van der Waals surface area (Å²) in [7, 11) is 0. The van der Waals surface area contributed by atoms with E-state index in [2.05, 4.69) is 5.32 Å². The number of hydrogen-bond donors (Lipinski definition) is 2. The molecule has 3 rings (SSSR count). The molecule has 0 radical (unpaired) electrons. The van der Waals surface area contributed by atoms with Gasteiger partial charge in [-0.05, 0) is 66.9 Å². The van der Waals surface area contributed by atoms with E-state index in [-0.39, 0.29) is 40.5 Å². The summed E-state index contributed by atoms with van der Waals surface area (Å²) in [5.41, 5.74) is -0.505. The molecular formula is C23H23ClF3NO5S. The number of halogens is 4. The van der Waals surface area contributed by atoms with E-state index in [1.54, 1.807) is 0 Å². The number of carboxylic acids is 1. The summed E-state index contributed by atoms with van der Waals surface area (Å²) in [6.45, 7) is 0.909. The van der Waals surface area contributed by atoms with Crippen LogP contribution >= 0.6 is 23.4 Å². The van der Waals surface area contributed by atoms with Crippen LogP contribution in [0.3, 0.4) is 0 Å². The highest BCUT2D eigenvalue weighted by Gasteiger charge is 2.35. The number of hydrogen-bond acceptors (Lipinski definition) is 5. The van der Waals surface area contributed by atoms with Gasteiger partial charge in [-0.3, -0.25) is 9.59 Å². The van der Waals surface area contributed by atoms with Crippen molar-refractivity contribution in [2.75, 3.05) is 18.5 Å². The maximum Gasteiger partial charge on any atom is 0.417 e. The molecule has 6 nitrogen and oxygen atoms in total. The number of benzene rings is 2. The van der Waals surface area contributed by atoms with Gasteiger partial charge in [0.05, 0.1) is 35.4 Å². The normalized spacial score (nSPS) is 16.2. The van der Waals surface area contributed by atoms with Crippen LogP contribution in [-0.2, 0) is 22.1 Å². The molecule has 1 amide bonds. The first-order valence-corrected chi connectivity index (χ1v) is 11.8. The predicted octanol–water partition coefficient (Wildman–Crippen LogP) is 6.65. The minimum atomic E-state index is -4.70. The number of ether oxygens (including phenoxy) is 2. The number of carbonyl (C=O) groups excluding carboxylic acids is 1. The van der Waals surface area contributed by atoms with Crippen LogP contribution in [0.5, 0.6) is 5.75 Å². The maximum atomic E-state index is 13.7. The molecule has 11 heteroatoms. The van der Waals surface area contributed by atoms with Gasteiger partial charge in [-0.1, -0.05) is 17.7 Å². The van der Waals surface area contributed by atoms with Crippen LogP contribution in [-0.4, -0.2) is 35.6 Å². The van der Waals surface area contributed by atoms with Crippen LogP contribution in [0, 0.1) is 0 Å². The van der Waals surface area contributed by atoms with Crippen molar-refractivity contribution in [3.63, 3.8) is 0 Å². The first kappa shape index (κ1) is 26.2. The second-order valence-corrected chi connectivity index (χ2v) is 9.10. The Morgan fingerprint density at radius 1 is 1.21 bits per heavy atom. The molecule has 1 aliphatic rings. The summed E-state index contributed by atoms with van der Waals surface area (Å²) in [5.74, 6) is -1.02. The number of anilines is 1. The van der Waals surface area contributed by atoms with Gasteiger partial charge in [-0.15, -0.1) is 0 Å². The van der Waals surface area contributed by atoms with Gasteiger partial charge in [-0.25, -0.2) is 0 Å². The molecular weight excluding hydrogens is 495 g/mol. The number of aliphatic carboxylic acids is 1. The summed E-state index contributed by atoms with van der Waals surface area (Å²) < 4.78 is 52.1. The number of alkyl halides is 3. The van der Waals surface area contributed by atoms with E-state index in [0.717, 1.165) is 25.3 Å². The molecule has 184 valence electrons. The van der Waals surface area contributed by atoms with E-state index in [0.29, 0.717) is 30.4 Å². The zero-order valence-electron chi connectivity index (χ0n) is 18.0. The monoisotopic (exact) mass is 517 g/mol. The molecule has 0 bridgehead atoms. The Labute approximate surface area is 203 Å². The zero-order chi connectivity index (χ0) is 24.7. The Kier molecular flexibility index (Phi) is 9.10. The van der Waals surface area contributed by atoms with E-state index in [1.807, 2.05) is 0 Å². The summed E-state index contributed by atoms with van der Waals surface area (Å²) in [5, 5.41) is 10.7. The standard InChI is InChI=1S/C23H23ClF3NO5S/c24-18-6-4-14(12-21(29)30)11-19(18)28-22(31)34-20-7-5-16(13-17(20)23(25,26)27)33-10-8-15-3-1-2-9-32-15/h4-7,11,13,15H,1-3,8-10,12H2,(H,28,31)(H,29,30). The highest BCUT2D eigenvalue weighted by molar-refractivity contribution is 8.14. The van der Waals surface area contributed by atoms with Gasteiger partial charge in [0, 0.05) is 17.9 Å². The van der Waals surface area contributed by atoms with Gasteiger partial charge >= 0.3 is 12.1 Å². The Morgan fingerprint density at radius 2 is 2.00 bits per heavy atom. The topological polar surface area (TPSA) is 84.9 Å². The van der Waals surface area contributed by atoms with Gasteiger partial charge in [0.1, 0.15) is 5.75 Å². The van der Waals surface area contributed by atoms with Crippen molar-refractivity contribution in [2.24, 2.45) is 0 Å². The number of carboxylic acid groups (broad SMARTS) is 1. The fraction of sp³-hybridized carbons (Fsp3) is 0.391. The molecule has 1 atom stereocenters. The van der Waals surface area contributed by atoms with E-state index < -0.39 is 22.9 Å². The lowest BCUT2D eigenvalue weighted by atomic mass is 10.1. The van der Waals surface area contributed by atoms with Crippen molar-refractivity contribution in [3.8, 4) is 5.75 Å². The second-order valence-electron chi connectivity index (χ2n) is 7.68. The van der Waals surface area contributed by atoms with Crippen LogP contribution in [0.2, 0.25) is 5.02 Å². The van der Waals surface area contributed by atoms with Gasteiger partial charge in [0.2, 0.25) is 0 Å². The van der Waals surface area contributed by atoms with Crippen molar-refractivity contribution < 1.29 is 37.3 Å². The average Bonchev–Trinajstić information content (AvgIpc) is 2.76. The smallest absolute Gasteiger partial charge is 0.417 e. The lowest BCUT2D eigenvalue weighted by molar-refractivity contribution is -0.140. The molecule has 0 spiro atoms. The molecule has 0 aromatic heterocycles. The summed E-state index contributed by atoms with van der Waals surface area (Å²) in [6, 6.07) is 7.70. The van der Waals surface area contributed by atoms with E-state index >= 15 is 0 Å². The SMILES string of the molecule is O=C(O)Cc1ccc(Cl)c(NC(=O)Sc2ccc(OCCC3CCCCO3)cc2C(F)(F)F)c1. The molecule has 1 fully saturated rings. The van der Waals surface area contributed by atoms with Gasteiger partial charge in [0.15, 0.2) is 0 Å². The number of carbonyl (C=O) groups is 2. The molecule has 1 saturated heterocycles. The molecule has 1 heterocycles. The molecule has 0 saturated carbocycles. The van der Waals surface area contributed by atoms with E-state index in [4.69, 9.17) is 26.2 Å². The van der Waals surface area contributed by atoms with Gasteiger partial charge in [0.25, 0.3) is 5.24 Å². The average molecular weight is 518 g/mol. The molecule has 2 aromatic carbocycles. The van der Waals surface area contributed by atoms with Crippen molar-refractivity contribution in [1.82, 2.24) is 0 Å². The Balaban J connectivity index is 1.67. The van der Waals surface area contributed by atoms with E-state index in [9.17, 15) is 22.8 Å². The molecule has 1 aliphatic heterocycles. The highest BCUT2D eigenvalue weighted by atomic mass is 35.5. The lowest BCUT2D eigenvalue weighted by Crippen LogP contribution is -2.21. The third kappa shape index (κ3) is 7.82. The molecule has 2 N–H and O–H groups in total. The van der Waals surface area contributed by atoms with Crippen LogP contribution in [0.4, 0.5) is 23.7 Å². The van der Waals surface area contributed by atoms with E-state index in [1.165, 1.54) is 30.3 Å². The summed E-state index contributed by atoms with van der Waals surface area (Å²) in [6.07, 6.45) is -1.37. The van der Waals surface area contributed by atoms with Crippen molar-refractivity contribution in [3.05, 3.63) is 52.5 Å². The number of thioether (sulfide) groups is 1. The maximum absolute atomic E-state index is 13.7. The highest BCUT2D eigenvalue weighted by Crippen LogP contribution is 2.39. The fourth-order valence-electron chi connectivity index (χ4n) is 3.44. The largest absolute Gasteiger partial charge is 0.493 e. The number of nitrogens with one attached hydrogen (secondary N) is 1. The van der Waals surface area contributed by atoms with Crippen LogP contribution in [0.15, 0.2) is 41.3 Å². The number of amides is 1. The predicted molar refractivity (Wildman–Crippen MR) is 123 cm³/mol. The first-order valence-electron chi connectivity index (χ1n) is 10.6. The second kappa shape index (κ2) is 11.8. The Hall–Kier alpha value is -2.43. The first-order chi connectivity index (χ1) is 16.1. The quantitative estimate of drug-likeness (QED) is 0.381. The zero-order valence-corrected chi connectivity index (χ0v) is 19.6. The van der Waals surface area contributed by atoms with Crippen LogP contribution in [0.25, 0.3) is 0 Å². The fourth-order valence-corrected chi connectivity index (χ4v) is 4.39. The van der Waals surface area contributed by atoms with Crippen LogP contribution in [0.1, 0.15) is 36.8 Å². The molecule has 1 unspecified atom stereocenters. The summed E-state index contributed by atoms with van der Waals surface area (Å²) in [4.78, 5) is 23.0. The molecule has 2 aromatic rings. The van der Waals surface area contributed by atoms with Crippen molar-refractivity contribution >= 4 is 40.3 Å². The van der Waals surface area contributed by atoms with Gasteiger partial charge in [-0.2, -0.15) is 13.2 Å². The summed E-state index contributed by atoms with van der Waals surface area (Å²) >= 11 is 6.39. The Bertz CT molecular complexity index is 1030. The Morgan fingerprint density at radius 3 is 2.68 bits per heavy atom. The lowest BCUT2D eigenvalue weighted by Gasteiger charge is -2.22. The minimum absolute atomic E-state index is 0.0511. The van der Waals surface area contributed by atoms with Crippen molar-refractivity contribution in [2.45, 2.75) is 49.3 Å². The molecule has 34 heavy (non-hydrogen) atoms. The minimum Gasteiger partial charge on any atom is -0.493 e. The molecule has 0 aliphatic carbocycles.